The van der Waals surface area contributed by atoms with E-state index in [-0.39, 0.29) is 0 Å². The van der Waals surface area contributed by atoms with E-state index >= 15 is 0 Å². The number of hydrogen-bond acceptors (Lipinski definition) is 6. The molecule has 6 nitrogen and oxygen atoms in total. The van der Waals surface area contributed by atoms with Crippen LogP contribution in [0.25, 0.3) is 0 Å². The summed E-state index contributed by atoms with van der Waals surface area (Å²) < 4.78 is 5.34. The summed E-state index contributed by atoms with van der Waals surface area (Å²) in [5.41, 5.74) is 2.71. The Kier molecular flexibility index (Phi) is 5.32. The molecule has 3 fully saturated rings. The zero-order chi connectivity index (χ0) is 18.1. The highest BCUT2D eigenvalue weighted by Crippen LogP contribution is 2.35. The van der Waals surface area contributed by atoms with Crippen molar-refractivity contribution < 1.29 is 4.74 Å². The molecule has 26 heavy (non-hydrogen) atoms. The number of fused-ring (bicyclic) bond motifs is 5. The second-order valence-electron chi connectivity index (χ2n) is 8.36. The zero-order valence-electron chi connectivity index (χ0n) is 16.6. The van der Waals surface area contributed by atoms with Gasteiger partial charge in [0.25, 0.3) is 0 Å². The highest BCUT2D eigenvalue weighted by molar-refractivity contribution is 5.54. The third-order valence-electron chi connectivity index (χ3n) is 6.26. The van der Waals surface area contributed by atoms with Crippen LogP contribution in [-0.4, -0.2) is 74.9 Å². The number of hydrogen-bond donors (Lipinski definition) is 0. The van der Waals surface area contributed by atoms with Crippen molar-refractivity contribution in [3.8, 4) is 0 Å². The molecule has 1 aliphatic carbocycles. The summed E-state index contributed by atoms with van der Waals surface area (Å²) in [5.74, 6) is 2.83. The van der Waals surface area contributed by atoms with E-state index in [1.807, 2.05) is 14.1 Å². The van der Waals surface area contributed by atoms with Crippen molar-refractivity contribution >= 4 is 11.8 Å². The van der Waals surface area contributed by atoms with Gasteiger partial charge in [-0.2, -0.15) is 4.98 Å². The summed E-state index contributed by atoms with van der Waals surface area (Å²) >= 11 is 0. The Morgan fingerprint density at radius 2 is 1.92 bits per heavy atom. The second kappa shape index (κ2) is 7.69. The van der Waals surface area contributed by atoms with Crippen LogP contribution in [0.4, 0.5) is 11.8 Å². The van der Waals surface area contributed by atoms with Crippen molar-refractivity contribution in [3.63, 3.8) is 0 Å². The van der Waals surface area contributed by atoms with Crippen LogP contribution < -0.4 is 9.80 Å². The Hall–Kier alpha value is -1.40. The molecule has 2 bridgehead atoms. The number of ether oxygens (including phenoxy) is 1. The molecule has 144 valence electrons. The summed E-state index contributed by atoms with van der Waals surface area (Å²) in [6.45, 7) is 5.32. The van der Waals surface area contributed by atoms with Gasteiger partial charge >= 0.3 is 0 Å². The molecule has 1 aromatic heterocycles. The normalized spacial score (nSPS) is 25.9. The third-order valence-corrected chi connectivity index (χ3v) is 6.26. The van der Waals surface area contributed by atoms with Gasteiger partial charge in [-0.25, -0.2) is 4.98 Å². The largest absolute Gasteiger partial charge is 0.383 e. The van der Waals surface area contributed by atoms with Gasteiger partial charge in [0.05, 0.1) is 12.3 Å². The molecule has 3 saturated heterocycles. The van der Waals surface area contributed by atoms with Crippen LogP contribution in [0.3, 0.4) is 0 Å². The SMILES string of the molecule is COCCN1C[C@@H]2CC[C@H]1CN(c1nc(N(C)C)nc3c1CCCC3)C2. The maximum absolute atomic E-state index is 5.34. The fraction of sp³-hybridized carbons (Fsp3) is 0.800. The molecule has 0 saturated carbocycles. The van der Waals surface area contributed by atoms with Crippen LogP contribution in [0, 0.1) is 5.92 Å². The highest BCUT2D eigenvalue weighted by atomic mass is 16.5. The lowest BCUT2D eigenvalue weighted by Gasteiger charge is -2.35. The molecular weight excluding hydrogens is 326 g/mol. The van der Waals surface area contributed by atoms with Crippen LogP contribution in [0.15, 0.2) is 0 Å². The molecule has 5 rings (SSSR count). The van der Waals surface area contributed by atoms with E-state index in [1.165, 1.54) is 49.3 Å². The van der Waals surface area contributed by atoms with Crippen molar-refractivity contribution in [2.75, 3.05) is 63.8 Å². The van der Waals surface area contributed by atoms with Crippen LogP contribution in [0.2, 0.25) is 0 Å². The predicted octanol–water partition coefficient (Wildman–Crippen LogP) is 1.97. The minimum atomic E-state index is 0.626. The number of anilines is 2. The number of rotatable bonds is 5. The lowest BCUT2D eigenvalue weighted by atomic mass is 9.95. The number of methoxy groups -OCH3 is 1. The fourth-order valence-electron chi connectivity index (χ4n) is 4.86. The molecule has 0 aromatic carbocycles. The number of aromatic nitrogens is 2. The van der Waals surface area contributed by atoms with Crippen LogP contribution in [0.5, 0.6) is 0 Å². The van der Waals surface area contributed by atoms with Gasteiger partial charge in [-0.1, -0.05) is 0 Å². The van der Waals surface area contributed by atoms with Gasteiger partial charge in [0, 0.05) is 59.0 Å². The molecule has 2 atom stereocenters. The van der Waals surface area contributed by atoms with E-state index in [9.17, 15) is 0 Å². The van der Waals surface area contributed by atoms with E-state index in [0.29, 0.717) is 6.04 Å². The summed E-state index contributed by atoms with van der Waals surface area (Å²) in [6.07, 6.45) is 7.42. The third kappa shape index (κ3) is 3.54. The summed E-state index contributed by atoms with van der Waals surface area (Å²) in [7, 11) is 5.90. The topological polar surface area (TPSA) is 44.7 Å². The quantitative estimate of drug-likeness (QED) is 0.801. The van der Waals surface area contributed by atoms with Gasteiger partial charge in [0.1, 0.15) is 5.82 Å². The molecule has 0 N–H and O–H groups in total. The van der Waals surface area contributed by atoms with Gasteiger partial charge in [0.15, 0.2) is 0 Å². The zero-order valence-corrected chi connectivity index (χ0v) is 16.6. The van der Waals surface area contributed by atoms with Gasteiger partial charge in [0.2, 0.25) is 5.95 Å². The Balaban J connectivity index is 1.64. The number of nitrogens with zero attached hydrogens (tertiary/aromatic N) is 5. The van der Waals surface area contributed by atoms with Gasteiger partial charge in [-0.05, 0) is 44.4 Å². The first-order valence-corrected chi connectivity index (χ1v) is 10.2. The standard InChI is InChI=1S/C20H33N5O/c1-23(2)20-21-18-7-5-4-6-17(18)19(22-20)25-13-15-8-9-16(14-25)24(12-15)10-11-26-3/h15-16H,4-14H2,1-3H3/t15-,16-/m0/s1. The van der Waals surface area contributed by atoms with Crippen molar-refractivity contribution in [2.45, 2.75) is 44.6 Å². The Labute approximate surface area is 157 Å². The fourth-order valence-corrected chi connectivity index (χ4v) is 4.86. The van der Waals surface area contributed by atoms with E-state index in [1.54, 1.807) is 7.11 Å². The molecule has 0 radical (unpaired) electrons. The molecule has 6 heteroatoms. The predicted molar refractivity (Wildman–Crippen MR) is 105 cm³/mol. The minimum Gasteiger partial charge on any atom is -0.383 e. The van der Waals surface area contributed by atoms with E-state index < -0.39 is 0 Å². The average Bonchev–Trinajstić information content (AvgIpc) is 2.97. The molecular formula is C20H33N5O. The summed E-state index contributed by atoms with van der Waals surface area (Å²) in [4.78, 5) is 17.2. The molecule has 1 aromatic rings. The van der Waals surface area contributed by atoms with Crippen molar-refractivity contribution in [1.29, 1.82) is 0 Å². The molecule has 0 unspecified atom stereocenters. The molecule has 4 aliphatic rings. The smallest absolute Gasteiger partial charge is 0.227 e. The average molecular weight is 360 g/mol. The van der Waals surface area contributed by atoms with Crippen LogP contribution in [0.1, 0.15) is 36.9 Å². The lowest BCUT2D eigenvalue weighted by molar-refractivity contribution is 0.0889. The maximum atomic E-state index is 5.34. The summed E-state index contributed by atoms with van der Waals surface area (Å²) in [5, 5.41) is 0. The van der Waals surface area contributed by atoms with Gasteiger partial charge in [-0.15, -0.1) is 0 Å². The number of aryl methyl sites for hydroxylation is 1. The van der Waals surface area contributed by atoms with Crippen molar-refractivity contribution in [3.05, 3.63) is 11.3 Å². The van der Waals surface area contributed by atoms with Crippen molar-refractivity contribution in [1.82, 2.24) is 14.9 Å². The molecule has 3 aliphatic heterocycles. The van der Waals surface area contributed by atoms with Crippen LogP contribution >= 0.6 is 0 Å². The Morgan fingerprint density at radius 1 is 1.08 bits per heavy atom. The van der Waals surface area contributed by atoms with Gasteiger partial charge < -0.3 is 14.5 Å². The monoisotopic (exact) mass is 359 g/mol. The number of piperidine rings is 1. The molecule has 0 spiro atoms. The maximum Gasteiger partial charge on any atom is 0.227 e. The second-order valence-corrected chi connectivity index (χ2v) is 8.36. The lowest BCUT2D eigenvalue weighted by Crippen LogP contribution is -2.45. The minimum absolute atomic E-state index is 0.626. The van der Waals surface area contributed by atoms with E-state index in [4.69, 9.17) is 14.7 Å². The van der Waals surface area contributed by atoms with Crippen molar-refractivity contribution in [2.24, 2.45) is 5.92 Å². The Bertz CT molecular complexity index is 635. The summed E-state index contributed by atoms with van der Waals surface area (Å²) in [6, 6.07) is 0.626. The van der Waals surface area contributed by atoms with E-state index in [0.717, 1.165) is 50.9 Å². The first-order chi connectivity index (χ1) is 12.7. The van der Waals surface area contributed by atoms with Gasteiger partial charge in [-0.3, -0.25) is 4.90 Å². The first-order valence-electron chi connectivity index (χ1n) is 10.2. The molecule has 0 amide bonds. The highest BCUT2D eigenvalue weighted by Gasteiger charge is 2.36. The Morgan fingerprint density at radius 3 is 2.73 bits per heavy atom. The molecule has 4 heterocycles. The first kappa shape index (κ1) is 18.0. The van der Waals surface area contributed by atoms with E-state index in [2.05, 4.69) is 14.7 Å². The van der Waals surface area contributed by atoms with Crippen LogP contribution in [-0.2, 0) is 17.6 Å².